The van der Waals surface area contributed by atoms with Crippen LogP contribution in [0.15, 0.2) is 0 Å². The number of nitriles is 2. The third-order valence-corrected chi connectivity index (χ3v) is 0.985. The zero-order valence-corrected chi connectivity index (χ0v) is 8.20. The molecule has 0 saturated heterocycles. The van der Waals surface area contributed by atoms with E-state index in [0.717, 1.165) is 0 Å². The predicted molar refractivity (Wildman–Crippen MR) is 29.0 cm³/mol. The molecule has 0 aliphatic rings. The molecule has 52 valence electrons. The van der Waals surface area contributed by atoms with Gasteiger partial charge in [-0.3, -0.25) is 0 Å². The fourth-order valence-corrected chi connectivity index (χ4v) is 0.444. The van der Waals surface area contributed by atoms with E-state index in [1.165, 1.54) is 6.07 Å². The molecule has 5 heteroatoms. The normalized spacial score (nSPS) is 10.0. The maximum atomic E-state index is 9.99. The minimum absolute atomic E-state index is 0. The molecular formula is C6H5N2NaO2. The molecule has 0 rings (SSSR count). The largest absolute Gasteiger partial charge is 1.00 e. The summed E-state index contributed by atoms with van der Waals surface area (Å²) in [7, 11) is 0. The van der Waals surface area contributed by atoms with Gasteiger partial charge in [-0.15, -0.1) is 0 Å². The molecule has 0 radical (unpaired) electrons. The standard InChI is InChI=1S/C6H6N2O2.Na/c7-3-1-2-5(4-8)6(9)10;/h5H,1-2H2,(H,9,10);/q;+1/p-1. The fourth-order valence-electron chi connectivity index (χ4n) is 0.444. The molecule has 0 saturated carbocycles. The van der Waals surface area contributed by atoms with Gasteiger partial charge in [-0.1, -0.05) is 0 Å². The summed E-state index contributed by atoms with van der Waals surface area (Å²) in [5.74, 6) is -2.54. The number of rotatable bonds is 3. The van der Waals surface area contributed by atoms with Crippen LogP contribution in [0.2, 0.25) is 0 Å². The predicted octanol–water partition coefficient (Wildman–Crippen LogP) is -3.82. The van der Waals surface area contributed by atoms with Crippen molar-refractivity contribution in [3.05, 3.63) is 0 Å². The molecule has 0 fully saturated rings. The number of hydrogen-bond acceptors (Lipinski definition) is 4. The molecule has 1 unspecified atom stereocenters. The summed E-state index contributed by atoms with van der Waals surface area (Å²) < 4.78 is 0. The second-order valence-electron chi connectivity index (χ2n) is 1.70. The van der Waals surface area contributed by atoms with Crippen LogP contribution in [0.1, 0.15) is 12.8 Å². The zero-order valence-electron chi connectivity index (χ0n) is 6.20. The van der Waals surface area contributed by atoms with Gasteiger partial charge in [0.15, 0.2) is 0 Å². The zero-order chi connectivity index (χ0) is 7.98. The Labute approximate surface area is 86.7 Å². The molecule has 0 aliphatic carbocycles. The van der Waals surface area contributed by atoms with Gasteiger partial charge in [0.1, 0.15) is 0 Å². The van der Waals surface area contributed by atoms with E-state index in [4.69, 9.17) is 10.5 Å². The summed E-state index contributed by atoms with van der Waals surface area (Å²) in [6.45, 7) is 0. The van der Waals surface area contributed by atoms with Crippen molar-refractivity contribution in [3.8, 4) is 12.1 Å². The van der Waals surface area contributed by atoms with Crippen LogP contribution in [0.25, 0.3) is 0 Å². The Bertz CT molecular complexity index is 204. The molecule has 0 heterocycles. The van der Waals surface area contributed by atoms with E-state index >= 15 is 0 Å². The van der Waals surface area contributed by atoms with Crippen molar-refractivity contribution in [3.63, 3.8) is 0 Å². The number of hydrogen-bond donors (Lipinski definition) is 0. The van der Waals surface area contributed by atoms with Gasteiger partial charge in [-0.05, 0) is 6.42 Å². The van der Waals surface area contributed by atoms with E-state index in [-0.39, 0.29) is 42.4 Å². The van der Waals surface area contributed by atoms with Crippen molar-refractivity contribution in [1.82, 2.24) is 0 Å². The first-order valence-electron chi connectivity index (χ1n) is 2.69. The van der Waals surface area contributed by atoms with Gasteiger partial charge in [0.05, 0.1) is 24.0 Å². The van der Waals surface area contributed by atoms with Gasteiger partial charge in [-0.25, -0.2) is 0 Å². The maximum Gasteiger partial charge on any atom is 1.00 e. The van der Waals surface area contributed by atoms with Gasteiger partial charge in [0, 0.05) is 6.42 Å². The topological polar surface area (TPSA) is 87.7 Å². The van der Waals surface area contributed by atoms with Crippen molar-refractivity contribution in [2.75, 3.05) is 0 Å². The fraction of sp³-hybridized carbons (Fsp3) is 0.500. The molecule has 0 N–H and O–H groups in total. The molecule has 0 aromatic carbocycles. The second-order valence-corrected chi connectivity index (χ2v) is 1.70. The molecule has 0 aromatic rings. The molecule has 11 heavy (non-hydrogen) atoms. The number of nitrogens with zero attached hydrogens (tertiary/aromatic N) is 2. The van der Waals surface area contributed by atoms with E-state index in [1.807, 2.05) is 0 Å². The van der Waals surface area contributed by atoms with Crippen molar-refractivity contribution in [2.45, 2.75) is 12.8 Å². The number of carbonyl (C=O) groups excluding carboxylic acids is 1. The summed E-state index contributed by atoms with van der Waals surface area (Å²) in [6.07, 6.45) is 0.127. The van der Waals surface area contributed by atoms with E-state index in [2.05, 4.69) is 0 Å². The van der Waals surface area contributed by atoms with Crippen LogP contribution in [0.4, 0.5) is 0 Å². The number of carbonyl (C=O) groups is 1. The molecule has 0 aliphatic heterocycles. The van der Waals surface area contributed by atoms with Crippen LogP contribution in [0.3, 0.4) is 0 Å². The van der Waals surface area contributed by atoms with Crippen molar-refractivity contribution < 1.29 is 39.5 Å². The van der Waals surface area contributed by atoms with Gasteiger partial charge in [0.25, 0.3) is 0 Å². The summed E-state index contributed by atoms with van der Waals surface area (Å²) >= 11 is 0. The van der Waals surface area contributed by atoms with E-state index < -0.39 is 11.9 Å². The molecule has 1 atom stereocenters. The Hall–Kier alpha value is -0.550. The Kier molecular flexibility index (Phi) is 8.98. The average Bonchev–Trinajstić information content (AvgIpc) is 1.89. The van der Waals surface area contributed by atoms with Crippen LogP contribution < -0.4 is 34.7 Å². The first-order chi connectivity index (χ1) is 4.72. The summed E-state index contributed by atoms with van der Waals surface area (Å²) in [6, 6.07) is 3.27. The summed E-state index contributed by atoms with van der Waals surface area (Å²) in [5, 5.41) is 26.2. The molecular weight excluding hydrogens is 155 g/mol. The van der Waals surface area contributed by atoms with E-state index in [0.29, 0.717) is 0 Å². The first-order valence-corrected chi connectivity index (χ1v) is 2.69. The van der Waals surface area contributed by atoms with Crippen LogP contribution in [0.5, 0.6) is 0 Å². The third kappa shape index (κ3) is 5.87. The first kappa shape index (κ1) is 13.1. The molecule has 0 aromatic heterocycles. The number of carboxylic acid groups (broad SMARTS) is 1. The van der Waals surface area contributed by atoms with Crippen molar-refractivity contribution in [2.24, 2.45) is 5.92 Å². The SMILES string of the molecule is N#CCCC(C#N)C(=O)[O-].[Na+]. The molecule has 0 spiro atoms. The molecule has 0 amide bonds. The van der Waals surface area contributed by atoms with Crippen molar-refractivity contribution >= 4 is 5.97 Å². The summed E-state index contributed by atoms with van der Waals surface area (Å²) in [5.41, 5.74) is 0. The number of carboxylic acids is 1. The van der Waals surface area contributed by atoms with Gasteiger partial charge in [-0.2, -0.15) is 10.5 Å². The molecule has 0 bridgehead atoms. The second kappa shape index (κ2) is 7.56. The average molecular weight is 160 g/mol. The third-order valence-electron chi connectivity index (χ3n) is 0.985. The van der Waals surface area contributed by atoms with Gasteiger partial charge in [0.2, 0.25) is 0 Å². The quantitative estimate of drug-likeness (QED) is 0.396. The molecule has 4 nitrogen and oxygen atoms in total. The van der Waals surface area contributed by atoms with Gasteiger partial charge < -0.3 is 9.90 Å². The smallest absolute Gasteiger partial charge is 0.549 e. The van der Waals surface area contributed by atoms with Crippen LogP contribution in [0, 0.1) is 28.6 Å². The Morgan fingerprint density at radius 1 is 1.55 bits per heavy atom. The Morgan fingerprint density at radius 2 is 2.09 bits per heavy atom. The maximum absolute atomic E-state index is 9.99. The van der Waals surface area contributed by atoms with Crippen LogP contribution >= 0.6 is 0 Å². The minimum atomic E-state index is -1.40. The van der Waals surface area contributed by atoms with E-state index in [9.17, 15) is 9.90 Å². The monoisotopic (exact) mass is 160 g/mol. The number of aliphatic carboxylic acids is 1. The van der Waals surface area contributed by atoms with Crippen molar-refractivity contribution in [1.29, 1.82) is 10.5 Å². The summed E-state index contributed by atoms with van der Waals surface area (Å²) in [4.78, 5) is 9.99. The Balaban J connectivity index is 0. The minimum Gasteiger partial charge on any atom is -0.549 e. The van der Waals surface area contributed by atoms with Crippen LogP contribution in [-0.4, -0.2) is 5.97 Å². The van der Waals surface area contributed by atoms with Crippen LogP contribution in [-0.2, 0) is 4.79 Å². The van der Waals surface area contributed by atoms with E-state index in [1.54, 1.807) is 6.07 Å². The Morgan fingerprint density at radius 3 is 2.36 bits per heavy atom. The van der Waals surface area contributed by atoms with Gasteiger partial charge >= 0.3 is 29.6 Å².